The number of rotatable bonds is 1. The van der Waals surface area contributed by atoms with Crippen molar-refractivity contribution in [2.24, 2.45) is 5.92 Å². The highest BCUT2D eigenvalue weighted by Gasteiger charge is 2.32. The highest BCUT2D eigenvalue weighted by atomic mass is 16.5. The van der Waals surface area contributed by atoms with E-state index in [9.17, 15) is 9.59 Å². The largest absolute Gasteiger partial charge is 0.485 e. The summed E-state index contributed by atoms with van der Waals surface area (Å²) < 4.78 is 5.69. The maximum atomic E-state index is 11.6. The van der Waals surface area contributed by atoms with Crippen LogP contribution < -0.4 is 5.32 Å². The number of Topliss-reactive ketones (excluding diaryl/α,β-unsaturated/α-hetero) is 1. The SMILES string of the molecule is CC=CC1OC(=C2C(=O)CNC2=O)C=CC1C. The third-order valence-electron chi connectivity index (χ3n) is 2.88. The number of nitrogens with one attached hydrogen (secondary N) is 1. The van der Waals surface area contributed by atoms with Gasteiger partial charge in [0.1, 0.15) is 17.4 Å². The summed E-state index contributed by atoms with van der Waals surface area (Å²) >= 11 is 0. The first-order valence-corrected chi connectivity index (χ1v) is 5.67. The second-order valence-electron chi connectivity index (χ2n) is 4.17. The summed E-state index contributed by atoms with van der Waals surface area (Å²) in [5, 5.41) is 2.50. The number of carbonyl (C=O) groups excluding carboxylic acids is 2. The first-order chi connectivity index (χ1) is 8.13. The minimum atomic E-state index is -0.344. The molecule has 1 N–H and O–H groups in total. The van der Waals surface area contributed by atoms with Crippen LogP contribution in [0.1, 0.15) is 13.8 Å². The van der Waals surface area contributed by atoms with Crippen LogP contribution in [0.3, 0.4) is 0 Å². The van der Waals surface area contributed by atoms with E-state index in [-0.39, 0.29) is 35.8 Å². The molecule has 2 aliphatic heterocycles. The Bertz CT molecular complexity index is 428. The summed E-state index contributed by atoms with van der Waals surface area (Å²) in [6, 6.07) is 0. The summed E-state index contributed by atoms with van der Waals surface area (Å²) in [7, 11) is 0. The molecule has 0 spiro atoms. The van der Waals surface area contributed by atoms with Crippen LogP contribution in [-0.4, -0.2) is 24.3 Å². The van der Waals surface area contributed by atoms with Gasteiger partial charge in [0.15, 0.2) is 5.78 Å². The van der Waals surface area contributed by atoms with Crippen molar-refractivity contribution in [2.45, 2.75) is 20.0 Å². The smallest absolute Gasteiger partial charge is 0.259 e. The van der Waals surface area contributed by atoms with E-state index in [0.29, 0.717) is 5.76 Å². The summed E-state index contributed by atoms with van der Waals surface area (Å²) in [5.74, 6) is 0.0631. The number of amides is 1. The van der Waals surface area contributed by atoms with Crippen LogP contribution in [0.25, 0.3) is 0 Å². The minimum Gasteiger partial charge on any atom is -0.485 e. The lowest BCUT2D eigenvalue weighted by Gasteiger charge is -2.25. The number of ether oxygens (including phenoxy) is 1. The van der Waals surface area contributed by atoms with E-state index in [0.717, 1.165) is 0 Å². The molecule has 90 valence electrons. The molecule has 4 heteroatoms. The van der Waals surface area contributed by atoms with Crippen molar-refractivity contribution in [3.05, 3.63) is 35.6 Å². The van der Waals surface area contributed by atoms with E-state index in [2.05, 4.69) is 5.32 Å². The molecule has 1 amide bonds. The molecule has 0 bridgehead atoms. The van der Waals surface area contributed by atoms with Crippen LogP contribution in [0.5, 0.6) is 0 Å². The Morgan fingerprint density at radius 2 is 2.24 bits per heavy atom. The maximum Gasteiger partial charge on any atom is 0.259 e. The van der Waals surface area contributed by atoms with Crippen molar-refractivity contribution < 1.29 is 14.3 Å². The Balaban J connectivity index is 2.35. The molecule has 2 atom stereocenters. The van der Waals surface area contributed by atoms with Crippen LogP contribution in [-0.2, 0) is 14.3 Å². The van der Waals surface area contributed by atoms with Crippen molar-refractivity contribution in [1.29, 1.82) is 0 Å². The molecule has 2 aliphatic rings. The molecule has 4 nitrogen and oxygen atoms in total. The molecule has 2 unspecified atom stereocenters. The molecule has 2 rings (SSSR count). The van der Waals surface area contributed by atoms with E-state index in [1.165, 1.54) is 0 Å². The Labute approximate surface area is 100 Å². The van der Waals surface area contributed by atoms with Gasteiger partial charge in [0.2, 0.25) is 0 Å². The van der Waals surface area contributed by atoms with E-state index >= 15 is 0 Å². The van der Waals surface area contributed by atoms with Gasteiger partial charge in [-0.2, -0.15) is 0 Å². The molecule has 2 heterocycles. The van der Waals surface area contributed by atoms with Crippen molar-refractivity contribution >= 4 is 11.7 Å². The number of hydrogen-bond donors (Lipinski definition) is 1. The van der Waals surface area contributed by atoms with E-state index < -0.39 is 0 Å². The number of allylic oxidation sites excluding steroid dienone is 2. The van der Waals surface area contributed by atoms with Crippen LogP contribution in [0.2, 0.25) is 0 Å². The van der Waals surface area contributed by atoms with Crippen LogP contribution in [0.4, 0.5) is 0 Å². The van der Waals surface area contributed by atoms with E-state index in [4.69, 9.17) is 4.74 Å². The zero-order valence-corrected chi connectivity index (χ0v) is 9.90. The summed E-state index contributed by atoms with van der Waals surface area (Å²) in [6.45, 7) is 4.01. The second-order valence-corrected chi connectivity index (χ2v) is 4.17. The molecule has 17 heavy (non-hydrogen) atoms. The predicted molar refractivity (Wildman–Crippen MR) is 63.0 cm³/mol. The quantitative estimate of drug-likeness (QED) is 0.419. The van der Waals surface area contributed by atoms with Crippen LogP contribution in [0.15, 0.2) is 35.6 Å². The molecular formula is C13H15NO3. The Morgan fingerprint density at radius 3 is 2.82 bits per heavy atom. The van der Waals surface area contributed by atoms with Crippen LogP contribution >= 0.6 is 0 Å². The molecule has 1 fully saturated rings. The lowest BCUT2D eigenvalue weighted by molar-refractivity contribution is -0.117. The number of carbonyl (C=O) groups is 2. The van der Waals surface area contributed by atoms with Gasteiger partial charge in [0.25, 0.3) is 5.91 Å². The summed E-state index contributed by atoms with van der Waals surface area (Å²) in [6.07, 6.45) is 7.37. The van der Waals surface area contributed by atoms with E-state index in [1.54, 1.807) is 6.08 Å². The van der Waals surface area contributed by atoms with Crippen molar-refractivity contribution in [3.8, 4) is 0 Å². The fourth-order valence-electron chi connectivity index (χ4n) is 1.90. The highest BCUT2D eigenvalue weighted by molar-refractivity contribution is 6.25. The zero-order chi connectivity index (χ0) is 12.4. The molecular weight excluding hydrogens is 218 g/mol. The minimum absolute atomic E-state index is 0.0682. The van der Waals surface area contributed by atoms with Crippen molar-refractivity contribution in [3.63, 3.8) is 0 Å². The first-order valence-electron chi connectivity index (χ1n) is 5.67. The highest BCUT2D eigenvalue weighted by Crippen LogP contribution is 2.25. The number of hydrogen-bond acceptors (Lipinski definition) is 3. The lowest BCUT2D eigenvalue weighted by atomic mass is 9.99. The Morgan fingerprint density at radius 1 is 1.47 bits per heavy atom. The Kier molecular flexibility index (Phi) is 3.13. The van der Waals surface area contributed by atoms with E-state index in [1.807, 2.05) is 32.1 Å². The van der Waals surface area contributed by atoms with Gasteiger partial charge >= 0.3 is 0 Å². The average Bonchev–Trinajstić information content (AvgIpc) is 2.63. The van der Waals surface area contributed by atoms with Crippen LogP contribution in [0, 0.1) is 5.92 Å². The lowest BCUT2D eigenvalue weighted by Crippen LogP contribution is -2.23. The zero-order valence-electron chi connectivity index (χ0n) is 9.90. The summed E-state index contributed by atoms with van der Waals surface area (Å²) in [4.78, 5) is 23.1. The van der Waals surface area contributed by atoms with Gasteiger partial charge in [0, 0.05) is 5.92 Å². The fourth-order valence-corrected chi connectivity index (χ4v) is 1.90. The number of ketones is 1. The van der Waals surface area contributed by atoms with Gasteiger partial charge in [-0.1, -0.05) is 19.1 Å². The molecule has 0 aromatic carbocycles. The molecule has 0 aromatic heterocycles. The molecule has 0 radical (unpaired) electrons. The van der Waals surface area contributed by atoms with Gasteiger partial charge in [-0.3, -0.25) is 9.59 Å². The fraction of sp³-hybridized carbons (Fsp3) is 0.385. The first kappa shape index (κ1) is 11.6. The second kappa shape index (κ2) is 4.57. The average molecular weight is 233 g/mol. The third kappa shape index (κ3) is 2.16. The van der Waals surface area contributed by atoms with Gasteiger partial charge in [-0.05, 0) is 19.1 Å². The summed E-state index contributed by atoms with van der Waals surface area (Å²) in [5.41, 5.74) is 0.141. The van der Waals surface area contributed by atoms with Gasteiger partial charge < -0.3 is 10.1 Å². The van der Waals surface area contributed by atoms with Gasteiger partial charge in [-0.25, -0.2) is 0 Å². The molecule has 0 saturated carbocycles. The van der Waals surface area contributed by atoms with Crippen molar-refractivity contribution in [2.75, 3.05) is 6.54 Å². The Hall–Kier alpha value is -1.84. The van der Waals surface area contributed by atoms with Gasteiger partial charge in [0.05, 0.1) is 6.54 Å². The molecule has 1 saturated heterocycles. The monoisotopic (exact) mass is 233 g/mol. The standard InChI is InChI=1S/C13H15NO3/c1-3-4-10-8(2)5-6-11(17-10)12-9(15)7-14-13(12)16/h3-6,8,10H,7H2,1-2H3,(H,14,16). The molecule has 0 aliphatic carbocycles. The van der Waals surface area contributed by atoms with Gasteiger partial charge in [-0.15, -0.1) is 0 Å². The normalized spacial score (nSPS) is 33.1. The third-order valence-corrected chi connectivity index (χ3v) is 2.88. The topological polar surface area (TPSA) is 55.4 Å². The maximum absolute atomic E-state index is 11.6. The molecule has 0 aromatic rings. The predicted octanol–water partition coefficient (Wildman–Crippen LogP) is 1.11. The van der Waals surface area contributed by atoms with Crippen molar-refractivity contribution in [1.82, 2.24) is 5.32 Å².